The average molecular weight is 291 g/mol. The number of amides is 1. The van der Waals surface area contributed by atoms with Crippen molar-refractivity contribution in [2.45, 2.75) is 51.5 Å². The molecule has 3 aliphatic rings. The fourth-order valence-electron chi connectivity index (χ4n) is 4.59. The molecule has 0 aromatic heterocycles. The first-order valence-electron chi connectivity index (χ1n) is 8.29. The van der Waals surface area contributed by atoms with Crippen LogP contribution in [-0.4, -0.2) is 23.0 Å². The molecule has 4 heteroatoms. The molecule has 5 atom stereocenters. The smallest absolute Gasteiger partial charge is 0.307 e. The molecule has 1 amide bonds. The van der Waals surface area contributed by atoms with Crippen LogP contribution in [0.1, 0.15) is 45.4 Å². The second-order valence-electron chi connectivity index (χ2n) is 7.03. The Labute approximate surface area is 126 Å². The van der Waals surface area contributed by atoms with Crippen molar-refractivity contribution in [2.24, 2.45) is 29.6 Å². The van der Waals surface area contributed by atoms with Gasteiger partial charge in [0.1, 0.15) is 0 Å². The van der Waals surface area contributed by atoms with Crippen molar-refractivity contribution >= 4 is 11.9 Å². The van der Waals surface area contributed by atoms with E-state index in [0.29, 0.717) is 5.92 Å². The van der Waals surface area contributed by atoms with Gasteiger partial charge < -0.3 is 10.4 Å². The molecule has 116 valence electrons. The summed E-state index contributed by atoms with van der Waals surface area (Å²) in [5, 5.41) is 12.5. The van der Waals surface area contributed by atoms with E-state index in [1.54, 1.807) is 0 Å². The lowest BCUT2D eigenvalue weighted by atomic mass is 9.81. The summed E-state index contributed by atoms with van der Waals surface area (Å²) in [6, 6.07) is 0.162. The summed E-state index contributed by atoms with van der Waals surface area (Å²) in [4.78, 5) is 24.1. The first kappa shape index (κ1) is 14.6. The van der Waals surface area contributed by atoms with Gasteiger partial charge in [-0.25, -0.2) is 0 Å². The third kappa shape index (κ3) is 2.72. The maximum atomic E-state index is 12.6. The third-order valence-electron chi connectivity index (χ3n) is 5.77. The van der Waals surface area contributed by atoms with Crippen molar-refractivity contribution in [3.05, 3.63) is 12.2 Å². The molecular formula is C17H25NO3. The van der Waals surface area contributed by atoms with E-state index >= 15 is 0 Å². The van der Waals surface area contributed by atoms with Crippen LogP contribution in [0.3, 0.4) is 0 Å². The van der Waals surface area contributed by atoms with Gasteiger partial charge in [-0.2, -0.15) is 0 Å². The number of carboxylic acids is 1. The van der Waals surface area contributed by atoms with Crippen LogP contribution in [0, 0.1) is 29.6 Å². The van der Waals surface area contributed by atoms with Gasteiger partial charge in [-0.15, -0.1) is 0 Å². The highest BCUT2D eigenvalue weighted by atomic mass is 16.4. The fraction of sp³-hybridized carbons (Fsp3) is 0.765. The Morgan fingerprint density at radius 2 is 1.71 bits per heavy atom. The minimum absolute atomic E-state index is 0.0441. The number of carboxylic acid groups (broad SMARTS) is 1. The van der Waals surface area contributed by atoms with Crippen LogP contribution in [0.25, 0.3) is 0 Å². The van der Waals surface area contributed by atoms with Crippen LogP contribution in [-0.2, 0) is 9.59 Å². The first-order valence-corrected chi connectivity index (χ1v) is 8.29. The van der Waals surface area contributed by atoms with Gasteiger partial charge in [0.05, 0.1) is 11.8 Å². The van der Waals surface area contributed by atoms with E-state index < -0.39 is 11.9 Å². The van der Waals surface area contributed by atoms with Crippen LogP contribution in [0.5, 0.6) is 0 Å². The zero-order valence-corrected chi connectivity index (χ0v) is 12.6. The Balaban J connectivity index is 1.64. The van der Waals surface area contributed by atoms with Crippen molar-refractivity contribution in [3.63, 3.8) is 0 Å². The van der Waals surface area contributed by atoms with E-state index in [1.165, 1.54) is 32.1 Å². The molecule has 0 heterocycles. The lowest BCUT2D eigenvalue weighted by Gasteiger charge is -2.31. The number of carbonyl (C=O) groups excluding carboxylic acids is 1. The molecular weight excluding hydrogens is 266 g/mol. The molecule has 2 saturated carbocycles. The van der Waals surface area contributed by atoms with Gasteiger partial charge in [-0.3, -0.25) is 9.59 Å². The van der Waals surface area contributed by atoms with Gasteiger partial charge >= 0.3 is 5.97 Å². The molecule has 0 spiro atoms. The molecule has 0 radical (unpaired) electrons. The minimum Gasteiger partial charge on any atom is -0.481 e. The van der Waals surface area contributed by atoms with Crippen molar-refractivity contribution in [1.29, 1.82) is 0 Å². The van der Waals surface area contributed by atoms with Crippen molar-refractivity contribution in [2.75, 3.05) is 0 Å². The zero-order valence-electron chi connectivity index (χ0n) is 12.6. The van der Waals surface area contributed by atoms with Gasteiger partial charge in [-0.1, -0.05) is 31.4 Å². The third-order valence-corrected chi connectivity index (χ3v) is 5.77. The molecule has 3 rings (SSSR count). The zero-order chi connectivity index (χ0) is 15.0. The minimum atomic E-state index is -0.822. The second kappa shape index (κ2) is 5.82. The standard InChI is InChI=1S/C17H25NO3/c1-10(11-5-3-2-4-6-11)18-16(19)14-12-7-8-13(9-12)15(14)17(20)21/h7-8,10-15H,2-6,9H2,1H3,(H,18,19)(H,20,21)/t10?,12?,13?,14-,15+/m0/s1. The van der Waals surface area contributed by atoms with E-state index in [2.05, 4.69) is 12.2 Å². The highest BCUT2D eigenvalue weighted by Crippen LogP contribution is 2.48. The van der Waals surface area contributed by atoms with Crippen LogP contribution >= 0.6 is 0 Å². The van der Waals surface area contributed by atoms with Gasteiger partial charge in [-0.05, 0) is 43.9 Å². The highest BCUT2D eigenvalue weighted by molar-refractivity contribution is 5.87. The maximum Gasteiger partial charge on any atom is 0.307 e. The van der Waals surface area contributed by atoms with Gasteiger partial charge in [0, 0.05) is 6.04 Å². The summed E-state index contributed by atoms with van der Waals surface area (Å²) in [5.41, 5.74) is 0. The lowest BCUT2D eigenvalue weighted by Crippen LogP contribution is -2.46. The van der Waals surface area contributed by atoms with Gasteiger partial charge in [0.25, 0.3) is 0 Å². The molecule has 0 aliphatic heterocycles. The normalized spacial score (nSPS) is 36.6. The molecule has 0 aromatic carbocycles. The van der Waals surface area contributed by atoms with Crippen molar-refractivity contribution in [3.8, 4) is 0 Å². The largest absolute Gasteiger partial charge is 0.481 e. The number of rotatable bonds is 4. The Hall–Kier alpha value is -1.32. The summed E-state index contributed by atoms with van der Waals surface area (Å²) >= 11 is 0. The molecule has 0 aromatic rings. The Kier molecular flexibility index (Phi) is 4.05. The number of allylic oxidation sites excluding steroid dienone is 2. The highest BCUT2D eigenvalue weighted by Gasteiger charge is 2.51. The summed E-state index contributed by atoms with van der Waals surface area (Å²) in [6.45, 7) is 2.08. The number of carbonyl (C=O) groups is 2. The monoisotopic (exact) mass is 291 g/mol. The summed E-state index contributed by atoms with van der Waals surface area (Å²) in [6.07, 6.45) is 11.0. The molecule has 2 N–H and O–H groups in total. The number of aliphatic carboxylic acids is 1. The fourth-order valence-corrected chi connectivity index (χ4v) is 4.59. The quantitative estimate of drug-likeness (QED) is 0.782. The Morgan fingerprint density at radius 1 is 1.10 bits per heavy atom. The van der Waals surface area contributed by atoms with Crippen LogP contribution in [0.4, 0.5) is 0 Å². The van der Waals surface area contributed by atoms with E-state index in [4.69, 9.17) is 0 Å². The molecule has 0 saturated heterocycles. The number of hydrogen-bond acceptors (Lipinski definition) is 2. The number of nitrogens with one attached hydrogen (secondary N) is 1. The predicted molar refractivity (Wildman–Crippen MR) is 79.5 cm³/mol. The molecule has 3 unspecified atom stereocenters. The molecule has 21 heavy (non-hydrogen) atoms. The van der Waals surface area contributed by atoms with Crippen molar-refractivity contribution in [1.82, 2.24) is 5.32 Å². The molecule has 3 aliphatic carbocycles. The lowest BCUT2D eigenvalue weighted by molar-refractivity contribution is -0.148. The van der Waals surface area contributed by atoms with Crippen LogP contribution in [0.15, 0.2) is 12.2 Å². The van der Waals surface area contributed by atoms with E-state index in [-0.39, 0.29) is 29.7 Å². The second-order valence-corrected chi connectivity index (χ2v) is 7.03. The van der Waals surface area contributed by atoms with Gasteiger partial charge in [0.2, 0.25) is 5.91 Å². The SMILES string of the molecule is CC(NC(=O)[C@H]1C2C=CC(C2)[C@H]1C(=O)O)C1CCCCC1. The average Bonchev–Trinajstić information content (AvgIpc) is 3.08. The molecule has 2 bridgehead atoms. The van der Waals surface area contributed by atoms with Crippen LogP contribution < -0.4 is 5.32 Å². The van der Waals surface area contributed by atoms with Crippen LogP contribution in [0.2, 0.25) is 0 Å². The van der Waals surface area contributed by atoms with E-state index in [9.17, 15) is 14.7 Å². The molecule has 4 nitrogen and oxygen atoms in total. The van der Waals surface area contributed by atoms with E-state index in [1.807, 2.05) is 12.2 Å². The number of hydrogen-bond donors (Lipinski definition) is 2. The molecule has 2 fully saturated rings. The van der Waals surface area contributed by atoms with E-state index in [0.717, 1.165) is 6.42 Å². The maximum absolute atomic E-state index is 12.6. The topological polar surface area (TPSA) is 66.4 Å². The first-order chi connectivity index (χ1) is 10.1. The van der Waals surface area contributed by atoms with Gasteiger partial charge in [0.15, 0.2) is 0 Å². The summed E-state index contributed by atoms with van der Waals surface area (Å²) < 4.78 is 0. The van der Waals surface area contributed by atoms with Crippen molar-refractivity contribution < 1.29 is 14.7 Å². The predicted octanol–water partition coefficient (Wildman–Crippen LogP) is 2.59. The summed E-state index contributed by atoms with van der Waals surface area (Å²) in [7, 11) is 0. The summed E-state index contributed by atoms with van der Waals surface area (Å²) in [5.74, 6) is -1.04. The Bertz CT molecular complexity index is 453. The number of fused-ring (bicyclic) bond motifs is 2. The Morgan fingerprint density at radius 3 is 2.33 bits per heavy atom.